The Morgan fingerprint density at radius 3 is 2.75 bits per heavy atom. The normalized spacial score (nSPS) is 10.8. The van der Waals surface area contributed by atoms with E-state index in [4.69, 9.17) is 4.74 Å². The van der Waals surface area contributed by atoms with Crippen LogP contribution in [0.15, 0.2) is 30.5 Å². The van der Waals surface area contributed by atoms with Crippen molar-refractivity contribution in [3.8, 4) is 0 Å². The third-order valence-electron chi connectivity index (χ3n) is 2.89. The van der Waals surface area contributed by atoms with E-state index < -0.39 is 0 Å². The molecule has 2 rings (SSSR count). The number of aromatic nitrogens is 2. The van der Waals surface area contributed by atoms with Crippen LogP contribution in [0.1, 0.15) is 19.0 Å². The lowest BCUT2D eigenvalue weighted by molar-refractivity contribution is 0.142. The maximum atomic E-state index is 5.38. The van der Waals surface area contributed by atoms with Gasteiger partial charge in [-0.2, -0.15) is 0 Å². The van der Waals surface area contributed by atoms with Gasteiger partial charge in [0.15, 0.2) is 0 Å². The van der Waals surface area contributed by atoms with Crippen LogP contribution in [0.2, 0.25) is 0 Å². The fourth-order valence-electron chi connectivity index (χ4n) is 1.96. The smallest absolute Gasteiger partial charge is 0.207 e. The molecule has 0 spiro atoms. The summed E-state index contributed by atoms with van der Waals surface area (Å²) in [7, 11) is 0. The van der Waals surface area contributed by atoms with Gasteiger partial charge in [-0.15, -0.1) is 0 Å². The molecule has 2 aromatic rings. The van der Waals surface area contributed by atoms with Gasteiger partial charge in [0.1, 0.15) is 0 Å². The topological polar surface area (TPSA) is 39.1 Å². The Morgan fingerprint density at radius 1 is 1.30 bits per heavy atom. The second-order valence-corrected chi connectivity index (χ2v) is 5.83. The monoisotopic (exact) mass is 385 g/mol. The summed E-state index contributed by atoms with van der Waals surface area (Å²) in [6.07, 6.45) is 3.06. The molecule has 4 nitrogen and oxygen atoms in total. The van der Waals surface area contributed by atoms with Crippen molar-refractivity contribution in [2.75, 3.05) is 18.5 Å². The van der Waals surface area contributed by atoms with Crippen molar-refractivity contribution in [2.24, 2.45) is 0 Å². The first-order valence-electron chi connectivity index (χ1n) is 6.83. The Labute approximate surface area is 133 Å². The van der Waals surface area contributed by atoms with E-state index in [0.29, 0.717) is 0 Å². The van der Waals surface area contributed by atoms with E-state index in [9.17, 15) is 0 Å². The SMILES string of the molecule is CCOCCCn1cc(C)nc1Nc1ccc(I)cc1. The summed E-state index contributed by atoms with van der Waals surface area (Å²) in [5.74, 6) is 0.889. The molecule has 0 radical (unpaired) electrons. The number of nitrogens with one attached hydrogen (secondary N) is 1. The molecule has 0 saturated heterocycles. The highest BCUT2D eigenvalue weighted by Crippen LogP contribution is 2.18. The second kappa shape index (κ2) is 7.64. The van der Waals surface area contributed by atoms with Crippen molar-refractivity contribution in [3.63, 3.8) is 0 Å². The number of benzene rings is 1. The molecular formula is C15H20IN3O. The number of anilines is 2. The molecule has 0 bridgehead atoms. The summed E-state index contributed by atoms with van der Waals surface area (Å²) < 4.78 is 8.75. The lowest BCUT2D eigenvalue weighted by atomic mass is 10.3. The number of imidazole rings is 1. The Hall–Kier alpha value is -1.08. The first-order chi connectivity index (χ1) is 9.69. The van der Waals surface area contributed by atoms with Crippen LogP contribution < -0.4 is 5.32 Å². The van der Waals surface area contributed by atoms with Crippen LogP contribution in [0.3, 0.4) is 0 Å². The zero-order chi connectivity index (χ0) is 14.4. The molecule has 0 fully saturated rings. The van der Waals surface area contributed by atoms with Gasteiger partial charge in [0.2, 0.25) is 5.95 Å². The number of hydrogen-bond donors (Lipinski definition) is 1. The van der Waals surface area contributed by atoms with Crippen molar-refractivity contribution in [3.05, 3.63) is 39.7 Å². The fourth-order valence-corrected chi connectivity index (χ4v) is 2.32. The molecule has 0 aliphatic carbocycles. The van der Waals surface area contributed by atoms with E-state index >= 15 is 0 Å². The maximum Gasteiger partial charge on any atom is 0.207 e. The predicted octanol–water partition coefficient (Wildman–Crippen LogP) is 3.97. The van der Waals surface area contributed by atoms with E-state index in [1.807, 2.05) is 13.8 Å². The van der Waals surface area contributed by atoms with Gasteiger partial charge in [0, 0.05) is 35.2 Å². The Kier molecular flexibility index (Phi) is 5.85. The quantitative estimate of drug-likeness (QED) is 0.579. The molecule has 0 aliphatic rings. The minimum atomic E-state index is 0.775. The molecule has 1 aromatic carbocycles. The van der Waals surface area contributed by atoms with Gasteiger partial charge in [-0.05, 0) is 67.1 Å². The average Bonchev–Trinajstić information content (AvgIpc) is 2.77. The summed E-state index contributed by atoms with van der Waals surface area (Å²) in [4.78, 5) is 4.54. The summed E-state index contributed by atoms with van der Waals surface area (Å²) in [6.45, 7) is 6.50. The Balaban J connectivity index is 2.01. The van der Waals surface area contributed by atoms with Crippen LogP contribution in [-0.2, 0) is 11.3 Å². The number of aryl methyl sites for hydroxylation is 2. The van der Waals surface area contributed by atoms with Gasteiger partial charge in [-0.1, -0.05) is 0 Å². The number of rotatable bonds is 7. The highest BCUT2D eigenvalue weighted by Gasteiger charge is 2.05. The van der Waals surface area contributed by atoms with Gasteiger partial charge in [-0.25, -0.2) is 4.98 Å². The van der Waals surface area contributed by atoms with Crippen LogP contribution in [0.5, 0.6) is 0 Å². The second-order valence-electron chi connectivity index (χ2n) is 4.58. The van der Waals surface area contributed by atoms with Crippen LogP contribution >= 0.6 is 22.6 Å². The molecule has 20 heavy (non-hydrogen) atoms. The summed E-state index contributed by atoms with van der Waals surface area (Å²) in [5, 5.41) is 3.37. The molecule has 1 N–H and O–H groups in total. The predicted molar refractivity (Wildman–Crippen MR) is 90.5 cm³/mol. The zero-order valence-electron chi connectivity index (χ0n) is 11.9. The highest BCUT2D eigenvalue weighted by molar-refractivity contribution is 14.1. The van der Waals surface area contributed by atoms with Gasteiger partial charge >= 0.3 is 0 Å². The largest absolute Gasteiger partial charge is 0.382 e. The molecule has 1 aromatic heterocycles. The third-order valence-corrected chi connectivity index (χ3v) is 3.61. The molecular weight excluding hydrogens is 365 g/mol. The van der Waals surface area contributed by atoms with Crippen LogP contribution in [0, 0.1) is 10.5 Å². The zero-order valence-corrected chi connectivity index (χ0v) is 14.1. The number of hydrogen-bond acceptors (Lipinski definition) is 3. The van der Waals surface area contributed by atoms with Crippen molar-refractivity contribution >= 4 is 34.2 Å². The van der Waals surface area contributed by atoms with E-state index in [-0.39, 0.29) is 0 Å². The Bertz CT molecular complexity index is 537. The van der Waals surface area contributed by atoms with Crippen LogP contribution in [0.25, 0.3) is 0 Å². The molecule has 0 unspecified atom stereocenters. The van der Waals surface area contributed by atoms with Crippen molar-refractivity contribution in [1.29, 1.82) is 0 Å². The summed E-state index contributed by atoms with van der Waals surface area (Å²) in [6, 6.07) is 8.29. The maximum absolute atomic E-state index is 5.38. The standard InChI is InChI=1S/C15H20IN3O/c1-3-20-10-4-9-19-11-12(2)17-15(19)18-14-7-5-13(16)6-8-14/h5-8,11H,3-4,9-10H2,1-2H3,(H,17,18). The van der Waals surface area contributed by atoms with Crippen molar-refractivity contribution < 1.29 is 4.74 Å². The Morgan fingerprint density at radius 2 is 2.05 bits per heavy atom. The highest BCUT2D eigenvalue weighted by atomic mass is 127. The third kappa shape index (κ3) is 4.49. The van der Waals surface area contributed by atoms with E-state index in [1.165, 1.54) is 3.57 Å². The molecule has 5 heteroatoms. The van der Waals surface area contributed by atoms with Gasteiger partial charge in [0.25, 0.3) is 0 Å². The van der Waals surface area contributed by atoms with E-state index in [2.05, 4.69) is 67.9 Å². The molecule has 0 amide bonds. The van der Waals surface area contributed by atoms with Crippen molar-refractivity contribution in [1.82, 2.24) is 9.55 Å². The first kappa shape index (κ1) is 15.3. The number of nitrogens with zero attached hydrogens (tertiary/aromatic N) is 2. The lowest BCUT2D eigenvalue weighted by Crippen LogP contribution is -2.05. The lowest BCUT2D eigenvalue weighted by Gasteiger charge is -2.10. The van der Waals surface area contributed by atoms with Crippen molar-refractivity contribution in [2.45, 2.75) is 26.8 Å². The van der Waals surface area contributed by atoms with Crippen LogP contribution in [-0.4, -0.2) is 22.8 Å². The van der Waals surface area contributed by atoms with Gasteiger partial charge in [0.05, 0.1) is 5.69 Å². The summed E-state index contributed by atoms with van der Waals surface area (Å²) in [5.41, 5.74) is 2.08. The molecule has 0 aliphatic heterocycles. The molecule has 108 valence electrons. The first-order valence-corrected chi connectivity index (χ1v) is 7.91. The van der Waals surface area contributed by atoms with E-state index in [1.54, 1.807) is 0 Å². The molecule has 1 heterocycles. The molecule has 0 atom stereocenters. The average molecular weight is 385 g/mol. The minimum Gasteiger partial charge on any atom is -0.382 e. The van der Waals surface area contributed by atoms with Gasteiger partial charge in [-0.3, -0.25) is 0 Å². The number of halogens is 1. The molecule has 0 saturated carbocycles. The minimum absolute atomic E-state index is 0.775. The number of ether oxygens (including phenoxy) is 1. The van der Waals surface area contributed by atoms with E-state index in [0.717, 1.165) is 43.5 Å². The fraction of sp³-hybridized carbons (Fsp3) is 0.400. The summed E-state index contributed by atoms with van der Waals surface area (Å²) >= 11 is 2.30. The van der Waals surface area contributed by atoms with Crippen LogP contribution in [0.4, 0.5) is 11.6 Å². The van der Waals surface area contributed by atoms with Gasteiger partial charge < -0.3 is 14.6 Å².